The Balaban J connectivity index is 2.75. The fraction of sp³-hybridized carbons (Fsp3) is 0.538. The lowest BCUT2D eigenvalue weighted by Gasteiger charge is -2.29. The van der Waals surface area contributed by atoms with Gasteiger partial charge in [-0.25, -0.2) is 0 Å². The van der Waals surface area contributed by atoms with E-state index in [1.807, 2.05) is 18.2 Å². The van der Waals surface area contributed by atoms with E-state index in [1.54, 1.807) is 0 Å². The molecule has 0 spiro atoms. The van der Waals surface area contributed by atoms with E-state index in [4.69, 9.17) is 0 Å². The first kappa shape index (κ1) is 12.7. The van der Waals surface area contributed by atoms with Crippen LogP contribution in [-0.4, -0.2) is 11.2 Å². The van der Waals surface area contributed by atoms with Crippen LogP contribution in [0.3, 0.4) is 0 Å². The van der Waals surface area contributed by atoms with Gasteiger partial charge >= 0.3 is 0 Å². The number of aliphatic hydroxyl groups is 1. The predicted molar refractivity (Wildman–Crippen MR) is 67.9 cm³/mol. The molecular formula is C13H19BrO. The first-order valence-electron chi connectivity index (χ1n) is 5.39. The molecule has 0 aliphatic carbocycles. The number of rotatable bonds is 4. The fourth-order valence-electron chi connectivity index (χ4n) is 1.38. The molecule has 0 fully saturated rings. The Morgan fingerprint density at radius 3 is 2.47 bits per heavy atom. The summed E-state index contributed by atoms with van der Waals surface area (Å²) in [5.74, 6) is 0. The summed E-state index contributed by atoms with van der Waals surface area (Å²) >= 11 is 3.50. The molecule has 1 nitrogen and oxygen atoms in total. The minimum absolute atomic E-state index is 0.0186. The zero-order valence-electron chi connectivity index (χ0n) is 9.63. The average Bonchev–Trinajstić information content (AvgIpc) is 2.21. The Morgan fingerprint density at radius 2 is 1.93 bits per heavy atom. The van der Waals surface area contributed by atoms with Crippen molar-refractivity contribution in [1.82, 2.24) is 0 Å². The van der Waals surface area contributed by atoms with Crippen LogP contribution in [-0.2, 0) is 6.42 Å². The van der Waals surface area contributed by atoms with E-state index >= 15 is 0 Å². The van der Waals surface area contributed by atoms with E-state index in [-0.39, 0.29) is 11.5 Å². The van der Waals surface area contributed by atoms with E-state index < -0.39 is 0 Å². The number of aliphatic hydroxyl groups excluding tert-OH is 1. The summed E-state index contributed by atoms with van der Waals surface area (Å²) in [5, 5.41) is 10.1. The molecule has 1 N–H and O–H groups in total. The molecule has 0 radical (unpaired) electrons. The summed E-state index contributed by atoms with van der Waals surface area (Å²) in [4.78, 5) is 0. The first-order valence-corrected chi connectivity index (χ1v) is 6.18. The van der Waals surface area contributed by atoms with Crippen molar-refractivity contribution in [2.75, 3.05) is 0 Å². The second-order valence-electron chi connectivity index (χ2n) is 4.65. The lowest BCUT2D eigenvalue weighted by molar-refractivity contribution is 0.0478. The lowest BCUT2D eigenvalue weighted by atomic mass is 9.81. The third-order valence-electron chi connectivity index (χ3n) is 3.18. The molecule has 0 aliphatic rings. The lowest BCUT2D eigenvalue weighted by Crippen LogP contribution is -2.30. The molecule has 1 rings (SSSR count). The Bertz CT molecular complexity index is 320. The smallest absolute Gasteiger partial charge is 0.0631 e. The highest BCUT2D eigenvalue weighted by atomic mass is 79.9. The molecule has 2 heteroatoms. The van der Waals surface area contributed by atoms with Crippen LogP contribution in [0, 0.1) is 5.41 Å². The minimum atomic E-state index is -0.291. The molecule has 0 aromatic heterocycles. The van der Waals surface area contributed by atoms with E-state index in [1.165, 1.54) is 5.56 Å². The van der Waals surface area contributed by atoms with Crippen molar-refractivity contribution >= 4 is 15.9 Å². The summed E-state index contributed by atoms with van der Waals surface area (Å²) < 4.78 is 1.08. The summed E-state index contributed by atoms with van der Waals surface area (Å²) in [6, 6.07) is 8.07. The quantitative estimate of drug-likeness (QED) is 0.883. The van der Waals surface area contributed by atoms with Gasteiger partial charge in [0, 0.05) is 4.47 Å². The second-order valence-corrected chi connectivity index (χ2v) is 5.51. The number of benzene rings is 1. The summed E-state index contributed by atoms with van der Waals surface area (Å²) in [7, 11) is 0. The topological polar surface area (TPSA) is 20.2 Å². The standard InChI is InChI=1S/C13H19BrO/c1-4-13(2,3)12(15)9-10-7-5-6-8-11(10)14/h5-8,12,15H,4,9H2,1-3H3. The largest absolute Gasteiger partial charge is 0.392 e. The summed E-state index contributed by atoms with van der Waals surface area (Å²) in [5.41, 5.74) is 1.15. The van der Waals surface area contributed by atoms with E-state index in [0.29, 0.717) is 6.42 Å². The average molecular weight is 271 g/mol. The first-order chi connectivity index (χ1) is 6.97. The molecule has 15 heavy (non-hydrogen) atoms. The maximum Gasteiger partial charge on any atom is 0.0631 e. The molecular weight excluding hydrogens is 252 g/mol. The van der Waals surface area contributed by atoms with E-state index in [0.717, 1.165) is 10.9 Å². The Kier molecular flexibility index (Phi) is 4.35. The van der Waals surface area contributed by atoms with Gasteiger partial charge in [-0.1, -0.05) is 54.9 Å². The molecule has 1 atom stereocenters. The number of hydrogen-bond donors (Lipinski definition) is 1. The van der Waals surface area contributed by atoms with Gasteiger partial charge in [0.2, 0.25) is 0 Å². The SMILES string of the molecule is CCC(C)(C)C(O)Cc1ccccc1Br. The Morgan fingerprint density at radius 1 is 1.33 bits per heavy atom. The van der Waals surface area contributed by atoms with Crippen LogP contribution < -0.4 is 0 Å². The molecule has 1 aromatic carbocycles. The molecule has 0 heterocycles. The molecule has 1 aromatic rings. The van der Waals surface area contributed by atoms with E-state index in [2.05, 4.69) is 42.8 Å². The van der Waals surface area contributed by atoms with Gasteiger partial charge in [0.25, 0.3) is 0 Å². The second kappa shape index (κ2) is 5.13. The van der Waals surface area contributed by atoms with Crippen LogP contribution in [0.15, 0.2) is 28.7 Å². The third-order valence-corrected chi connectivity index (χ3v) is 3.96. The van der Waals surface area contributed by atoms with Crippen LogP contribution in [0.5, 0.6) is 0 Å². The van der Waals surface area contributed by atoms with Crippen LogP contribution >= 0.6 is 15.9 Å². The van der Waals surface area contributed by atoms with Crippen molar-refractivity contribution in [2.45, 2.75) is 39.7 Å². The van der Waals surface area contributed by atoms with Crippen LogP contribution in [0.2, 0.25) is 0 Å². The molecule has 0 saturated heterocycles. The maximum atomic E-state index is 10.1. The molecule has 1 unspecified atom stereocenters. The maximum absolute atomic E-state index is 10.1. The number of halogens is 1. The monoisotopic (exact) mass is 270 g/mol. The zero-order valence-corrected chi connectivity index (χ0v) is 11.2. The van der Waals surface area contributed by atoms with Crippen LogP contribution in [0.25, 0.3) is 0 Å². The normalized spacial score (nSPS) is 13.9. The van der Waals surface area contributed by atoms with Gasteiger partial charge in [-0.3, -0.25) is 0 Å². The minimum Gasteiger partial charge on any atom is -0.392 e. The van der Waals surface area contributed by atoms with Crippen LogP contribution in [0.1, 0.15) is 32.8 Å². The predicted octanol–water partition coefficient (Wildman–Crippen LogP) is 3.79. The van der Waals surface area contributed by atoms with Crippen molar-refractivity contribution < 1.29 is 5.11 Å². The van der Waals surface area contributed by atoms with Gasteiger partial charge in [0.05, 0.1) is 6.10 Å². The van der Waals surface area contributed by atoms with Gasteiger partial charge in [0.1, 0.15) is 0 Å². The highest BCUT2D eigenvalue weighted by Gasteiger charge is 2.26. The highest BCUT2D eigenvalue weighted by Crippen LogP contribution is 2.28. The highest BCUT2D eigenvalue weighted by molar-refractivity contribution is 9.10. The van der Waals surface area contributed by atoms with Gasteiger partial charge in [-0.05, 0) is 29.9 Å². The number of hydrogen-bond acceptors (Lipinski definition) is 1. The molecule has 0 amide bonds. The molecule has 84 valence electrons. The van der Waals surface area contributed by atoms with Crippen molar-refractivity contribution in [3.8, 4) is 0 Å². The summed E-state index contributed by atoms with van der Waals surface area (Å²) in [6.45, 7) is 6.33. The van der Waals surface area contributed by atoms with Crippen LogP contribution in [0.4, 0.5) is 0 Å². The fourth-order valence-corrected chi connectivity index (χ4v) is 1.83. The van der Waals surface area contributed by atoms with Crippen molar-refractivity contribution in [3.63, 3.8) is 0 Å². The van der Waals surface area contributed by atoms with Gasteiger partial charge < -0.3 is 5.11 Å². The molecule has 0 aliphatic heterocycles. The van der Waals surface area contributed by atoms with Gasteiger partial charge in [-0.2, -0.15) is 0 Å². The zero-order chi connectivity index (χ0) is 11.5. The summed E-state index contributed by atoms with van der Waals surface area (Å²) in [6.07, 6.45) is 1.40. The van der Waals surface area contributed by atoms with Crippen molar-refractivity contribution in [3.05, 3.63) is 34.3 Å². The van der Waals surface area contributed by atoms with Crippen molar-refractivity contribution in [2.24, 2.45) is 5.41 Å². The Labute approximate surface area is 101 Å². The van der Waals surface area contributed by atoms with Gasteiger partial charge in [0.15, 0.2) is 0 Å². The van der Waals surface area contributed by atoms with E-state index in [9.17, 15) is 5.11 Å². The molecule has 0 bridgehead atoms. The molecule has 0 saturated carbocycles. The Hall–Kier alpha value is -0.340. The van der Waals surface area contributed by atoms with Gasteiger partial charge in [-0.15, -0.1) is 0 Å². The van der Waals surface area contributed by atoms with Crippen molar-refractivity contribution in [1.29, 1.82) is 0 Å². The third kappa shape index (κ3) is 3.32.